The first-order valence-corrected chi connectivity index (χ1v) is 5.61. The fraction of sp³-hybridized carbons (Fsp3) is 0.385. The lowest BCUT2D eigenvalue weighted by atomic mass is 9.95. The SMILES string of the molecule is CC(C)(C)C(=O)Nc1ccc(OCC(N)=O)cc1. The molecule has 1 rings (SSSR count). The van der Waals surface area contributed by atoms with Crippen molar-refractivity contribution >= 4 is 17.5 Å². The average Bonchev–Trinajstić information content (AvgIpc) is 2.26. The first kappa shape index (κ1) is 14.0. The zero-order valence-electron chi connectivity index (χ0n) is 10.8. The molecule has 0 spiro atoms. The van der Waals surface area contributed by atoms with E-state index < -0.39 is 11.3 Å². The molecule has 5 heteroatoms. The summed E-state index contributed by atoms with van der Waals surface area (Å²) in [7, 11) is 0. The third-order valence-electron chi connectivity index (χ3n) is 2.17. The van der Waals surface area contributed by atoms with Crippen LogP contribution in [0.5, 0.6) is 5.75 Å². The molecule has 0 aliphatic carbocycles. The highest BCUT2D eigenvalue weighted by atomic mass is 16.5. The lowest BCUT2D eigenvalue weighted by Crippen LogP contribution is -2.27. The van der Waals surface area contributed by atoms with Crippen LogP contribution in [0.1, 0.15) is 20.8 Å². The van der Waals surface area contributed by atoms with E-state index in [2.05, 4.69) is 5.32 Å². The minimum absolute atomic E-state index is 0.0618. The molecule has 0 unspecified atom stereocenters. The number of anilines is 1. The van der Waals surface area contributed by atoms with Crippen LogP contribution in [0.2, 0.25) is 0 Å². The van der Waals surface area contributed by atoms with Gasteiger partial charge in [0, 0.05) is 11.1 Å². The van der Waals surface area contributed by atoms with Crippen LogP contribution >= 0.6 is 0 Å². The monoisotopic (exact) mass is 250 g/mol. The number of carbonyl (C=O) groups excluding carboxylic acids is 2. The topological polar surface area (TPSA) is 81.4 Å². The molecule has 3 N–H and O–H groups in total. The van der Waals surface area contributed by atoms with Gasteiger partial charge in [0.25, 0.3) is 5.91 Å². The molecule has 18 heavy (non-hydrogen) atoms. The Morgan fingerprint density at radius 2 is 1.78 bits per heavy atom. The van der Waals surface area contributed by atoms with Gasteiger partial charge in [-0.2, -0.15) is 0 Å². The predicted molar refractivity (Wildman–Crippen MR) is 69.2 cm³/mol. The van der Waals surface area contributed by atoms with Crippen molar-refractivity contribution in [3.05, 3.63) is 24.3 Å². The number of hydrogen-bond acceptors (Lipinski definition) is 3. The number of amides is 2. The van der Waals surface area contributed by atoms with Gasteiger partial charge in [0.1, 0.15) is 5.75 Å². The van der Waals surface area contributed by atoms with E-state index in [0.29, 0.717) is 11.4 Å². The Labute approximate surface area is 106 Å². The number of hydrogen-bond donors (Lipinski definition) is 2. The quantitative estimate of drug-likeness (QED) is 0.850. The van der Waals surface area contributed by atoms with Gasteiger partial charge in [-0.3, -0.25) is 9.59 Å². The fourth-order valence-electron chi connectivity index (χ4n) is 1.11. The standard InChI is InChI=1S/C13H18N2O3/c1-13(2,3)12(17)15-9-4-6-10(7-5-9)18-8-11(14)16/h4-7H,8H2,1-3H3,(H2,14,16)(H,15,17). The third-order valence-corrected chi connectivity index (χ3v) is 2.17. The summed E-state index contributed by atoms with van der Waals surface area (Å²) in [5.41, 5.74) is 5.20. The number of primary amides is 1. The van der Waals surface area contributed by atoms with Gasteiger partial charge >= 0.3 is 0 Å². The number of ether oxygens (including phenoxy) is 1. The minimum atomic E-state index is -0.528. The molecule has 0 aliphatic rings. The van der Waals surface area contributed by atoms with Crippen LogP contribution in [0.3, 0.4) is 0 Å². The molecule has 0 atom stereocenters. The van der Waals surface area contributed by atoms with Crippen molar-refractivity contribution in [2.24, 2.45) is 11.1 Å². The summed E-state index contributed by atoms with van der Waals surface area (Å²) in [6, 6.07) is 6.75. The van der Waals surface area contributed by atoms with E-state index in [1.807, 2.05) is 20.8 Å². The third kappa shape index (κ3) is 4.45. The molecule has 0 saturated heterocycles. The molecule has 0 aliphatic heterocycles. The first-order valence-electron chi connectivity index (χ1n) is 5.61. The van der Waals surface area contributed by atoms with Gasteiger partial charge in [0.05, 0.1) is 0 Å². The van der Waals surface area contributed by atoms with Gasteiger partial charge in [-0.15, -0.1) is 0 Å². The maximum Gasteiger partial charge on any atom is 0.255 e. The Balaban J connectivity index is 2.60. The highest BCUT2D eigenvalue weighted by molar-refractivity contribution is 5.94. The molecule has 1 aromatic carbocycles. The summed E-state index contributed by atoms with van der Waals surface area (Å²) in [6.07, 6.45) is 0. The van der Waals surface area contributed by atoms with Crippen molar-refractivity contribution in [1.29, 1.82) is 0 Å². The Bertz CT molecular complexity index is 433. The smallest absolute Gasteiger partial charge is 0.255 e. The summed E-state index contributed by atoms with van der Waals surface area (Å²) in [6.45, 7) is 5.36. The molecular weight excluding hydrogens is 232 g/mol. The van der Waals surface area contributed by atoms with Gasteiger partial charge in [-0.05, 0) is 24.3 Å². The van der Waals surface area contributed by atoms with Crippen LogP contribution in [0, 0.1) is 5.41 Å². The summed E-state index contributed by atoms with van der Waals surface area (Å²) < 4.78 is 5.11. The molecule has 0 aromatic heterocycles. The van der Waals surface area contributed by atoms with E-state index in [0.717, 1.165) is 0 Å². The minimum Gasteiger partial charge on any atom is -0.484 e. The lowest BCUT2D eigenvalue weighted by Gasteiger charge is -2.17. The average molecular weight is 250 g/mol. The van der Waals surface area contributed by atoms with Crippen molar-refractivity contribution in [3.8, 4) is 5.75 Å². The number of benzene rings is 1. The Kier molecular flexibility index (Phi) is 4.31. The fourth-order valence-corrected chi connectivity index (χ4v) is 1.11. The molecule has 2 amide bonds. The Morgan fingerprint density at radius 1 is 1.22 bits per heavy atom. The van der Waals surface area contributed by atoms with E-state index in [9.17, 15) is 9.59 Å². The zero-order valence-corrected chi connectivity index (χ0v) is 10.8. The maximum atomic E-state index is 11.7. The number of nitrogens with one attached hydrogen (secondary N) is 1. The summed E-state index contributed by atoms with van der Waals surface area (Å²) in [5.74, 6) is -0.0593. The molecule has 5 nitrogen and oxygen atoms in total. The zero-order chi connectivity index (χ0) is 13.8. The summed E-state index contributed by atoms with van der Waals surface area (Å²) in [4.78, 5) is 22.3. The van der Waals surface area contributed by atoms with Crippen LogP contribution in [-0.4, -0.2) is 18.4 Å². The van der Waals surface area contributed by atoms with E-state index in [1.54, 1.807) is 24.3 Å². The van der Waals surface area contributed by atoms with Crippen molar-refractivity contribution in [2.45, 2.75) is 20.8 Å². The van der Waals surface area contributed by atoms with E-state index in [-0.39, 0.29) is 12.5 Å². The van der Waals surface area contributed by atoms with Crippen molar-refractivity contribution < 1.29 is 14.3 Å². The van der Waals surface area contributed by atoms with Crippen molar-refractivity contribution in [3.63, 3.8) is 0 Å². The summed E-state index contributed by atoms with van der Waals surface area (Å²) >= 11 is 0. The Hall–Kier alpha value is -2.04. The molecule has 0 heterocycles. The van der Waals surface area contributed by atoms with Crippen molar-refractivity contribution in [1.82, 2.24) is 0 Å². The molecular formula is C13H18N2O3. The highest BCUT2D eigenvalue weighted by Crippen LogP contribution is 2.19. The molecule has 98 valence electrons. The molecule has 0 bridgehead atoms. The largest absolute Gasteiger partial charge is 0.484 e. The second-order valence-electron chi connectivity index (χ2n) is 4.98. The highest BCUT2D eigenvalue weighted by Gasteiger charge is 2.20. The van der Waals surface area contributed by atoms with E-state index >= 15 is 0 Å². The van der Waals surface area contributed by atoms with E-state index in [4.69, 9.17) is 10.5 Å². The van der Waals surface area contributed by atoms with Gasteiger partial charge in [-0.25, -0.2) is 0 Å². The maximum absolute atomic E-state index is 11.7. The van der Waals surface area contributed by atoms with Crippen LogP contribution in [-0.2, 0) is 9.59 Å². The van der Waals surface area contributed by atoms with Gasteiger partial charge in [0.15, 0.2) is 6.61 Å². The molecule has 0 fully saturated rings. The van der Waals surface area contributed by atoms with Crippen LogP contribution in [0.25, 0.3) is 0 Å². The van der Waals surface area contributed by atoms with E-state index in [1.165, 1.54) is 0 Å². The lowest BCUT2D eigenvalue weighted by molar-refractivity contribution is -0.123. The van der Waals surface area contributed by atoms with Crippen molar-refractivity contribution in [2.75, 3.05) is 11.9 Å². The molecule has 0 saturated carbocycles. The normalized spacial score (nSPS) is 10.8. The molecule has 0 radical (unpaired) electrons. The predicted octanol–water partition coefficient (Wildman–Crippen LogP) is 1.54. The second-order valence-corrected chi connectivity index (χ2v) is 4.98. The van der Waals surface area contributed by atoms with Gasteiger partial charge in [-0.1, -0.05) is 20.8 Å². The number of rotatable bonds is 4. The van der Waals surface area contributed by atoms with Crippen LogP contribution in [0.4, 0.5) is 5.69 Å². The van der Waals surface area contributed by atoms with Crippen LogP contribution in [0.15, 0.2) is 24.3 Å². The first-order chi connectivity index (χ1) is 8.29. The Morgan fingerprint density at radius 3 is 2.22 bits per heavy atom. The number of carbonyl (C=O) groups is 2. The van der Waals surface area contributed by atoms with Crippen LogP contribution < -0.4 is 15.8 Å². The summed E-state index contributed by atoms with van der Waals surface area (Å²) in [5, 5.41) is 2.79. The van der Waals surface area contributed by atoms with Gasteiger partial charge in [0.2, 0.25) is 5.91 Å². The second kappa shape index (κ2) is 5.53. The van der Waals surface area contributed by atoms with Gasteiger partial charge < -0.3 is 15.8 Å². The molecule has 1 aromatic rings. The number of nitrogens with two attached hydrogens (primary N) is 1.